The summed E-state index contributed by atoms with van der Waals surface area (Å²) >= 11 is 2.86. The van der Waals surface area contributed by atoms with Crippen LogP contribution in [0, 0.1) is 0 Å². The highest BCUT2D eigenvalue weighted by Crippen LogP contribution is 2.41. The van der Waals surface area contributed by atoms with Crippen LogP contribution in [-0.2, 0) is 41.3 Å². The molecular weight excluding hydrogens is 431 g/mol. The van der Waals surface area contributed by atoms with Gasteiger partial charge in [0.1, 0.15) is 19.3 Å². The van der Waals surface area contributed by atoms with Gasteiger partial charge >= 0.3 is 13.8 Å². The number of rotatable bonds is 10. The first-order chi connectivity index (χ1) is 13.4. The SMILES string of the molecule is O=C1O[C@H]([C@H](CO)OP(=O)(O)O)C(OCc2cccs2)=C1OCc1cccs1. The Morgan fingerprint density at radius 2 is 1.71 bits per heavy atom. The minimum atomic E-state index is -4.95. The molecule has 0 bridgehead atoms. The zero-order valence-electron chi connectivity index (χ0n) is 14.3. The molecule has 2 aromatic rings. The van der Waals surface area contributed by atoms with E-state index in [4.69, 9.17) is 24.0 Å². The summed E-state index contributed by atoms with van der Waals surface area (Å²) in [5.41, 5.74) is 0. The fourth-order valence-corrected chi connectivity index (χ4v) is 4.18. The van der Waals surface area contributed by atoms with Crippen molar-refractivity contribution in [3.05, 3.63) is 56.3 Å². The molecule has 1 aliphatic rings. The number of ether oxygens (including phenoxy) is 3. The Kier molecular flexibility index (Phi) is 6.89. The molecule has 0 radical (unpaired) electrons. The van der Waals surface area contributed by atoms with Crippen LogP contribution in [0.15, 0.2) is 46.5 Å². The fourth-order valence-electron chi connectivity index (χ4n) is 2.42. The van der Waals surface area contributed by atoms with Crippen molar-refractivity contribution in [2.24, 2.45) is 0 Å². The highest BCUT2D eigenvalue weighted by Gasteiger charge is 2.45. The van der Waals surface area contributed by atoms with E-state index < -0.39 is 32.6 Å². The lowest BCUT2D eigenvalue weighted by atomic mass is 10.2. The van der Waals surface area contributed by atoms with E-state index in [0.717, 1.165) is 9.75 Å². The van der Waals surface area contributed by atoms with E-state index in [1.165, 1.54) is 22.7 Å². The number of phosphoric acid groups is 1. The Hall–Kier alpha value is -1.72. The largest absolute Gasteiger partial charge is 0.484 e. The summed E-state index contributed by atoms with van der Waals surface area (Å²) in [6, 6.07) is 7.30. The minimum Gasteiger partial charge on any atom is -0.484 e. The van der Waals surface area contributed by atoms with Crippen molar-refractivity contribution in [3.8, 4) is 0 Å². The van der Waals surface area contributed by atoms with Crippen LogP contribution in [0.1, 0.15) is 9.75 Å². The number of cyclic esters (lactones) is 1. The number of phosphoric ester groups is 1. The van der Waals surface area contributed by atoms with Crippen molar-refractivity contribution in [2.75, 3.05) is 6.61 Å². The molecule has 152 valence electrons. The predicted molar refractivity (Wildman–Crippen MR) is 99.1 cm³/mol. The van der Waals surface area contributed by atoms with Crippen molar-refractivity contribution in [1.82, 2.24) is 0 Å². The van der Waals surface area contributed by atoms with E-state index in [1.807, 2.05) is 35.0 Å². The van der Waals surface area contributed by atoms with Crippen molar-refractivity contribution in [2.45, 2.75) is 25.4 Å². The summed E-state index contributed by atoms with van der Waals surface area (Å²) in [4.78, 5) is 32.1. The molecule has 3 heterocycles. The molecule has 2 atom stereocenters. The van der Waals surface area contributed by atoms with Gasteiger partial charge in [-0.15, -0.1) is 22.7 Å². The monoisotopic (exact) mass is 448 g/mol. The second-order valence-electron chi connectivity index (χ2n) is 5.57. The number of esters is 1. The standard InChI is InChI=1S/C16H17O9PS2/c17-7-12(25-26(19,20)21)13-14(22-8-10-3-1-5-27-10)15(16(18)24-13)23-9-11-4-2-6-28-11/h1-6,12-13,17H,7-9H2,(H2,19,20,21)/t12-,13+/m0/s1. The number of hydrogen-bond donors (Lipinski definition) is 3. The highest BCUT2D eigenvalue weighted by molar-refractivity contribution is 7.46. The van der Waals surface area contributed by atoms with Gasteiger partial charge in [-0.3, -0.25) is 4.52 Å². The summed E-state index contributed by atoms with van der Waals surface area (Å²) in [6.45, 7) is -0.642. The number of hydrogen-bond acceptors (Lipinski definition) is 9. The summed E-state index contributed by atoms with van der Waals surface area (Å²) in [5.74, 6) is -1.17. The Labute approximate surface area is 168 Å². The number of aliphatic hydroxyl groups excluding tert-OH is 1. The first kappa shape index (κ1) is 21.0. The highest BCUT2D eigenvalue weighted by atomic mass is 32.1. The van der Waals surface area contributed by atoms with Gasteiger partial charge in [0, 0.05) is 9.75 Å². The van der Waals surface area contributed by atoms with Gasteiger partial charge in [0.25, 0.3) is 0 Å². The van der Waals surface area contributed by atoms with Gasteiger partial charge in [0.2, 0.25) is 5.76 Å². The second kappa shape index (κ2) is 9.19. The number of carbonyl (C=O) groups excluding carboxylic acids is 1. The second-order valence-corrected chi connectivity index (χ2v) is 8.83. The molecule has 2 aromatic heterocycles. The topological polar surface area (TPSA) is 132 Å². The molecule has 0 saturated carbocycles. The van der Waals surface area contributed by atoms with E-state index in [2.05, 4.69) is 4.52 Å². The first-order valence-corrected chi connectivity index (χ1v) is 11.3. The van der Waals surface area contributed by atoms with Crippen LogP contribution in [0.4, 0.5) is 0 Å². The molecule has 3 rings (SSSR count). The Bertz CT molecular complexity index is 857. The molecule has 0 aromatic carbocycles. The first-order valence-electron chi connectivity index (χ1n) is 7.97. The van der Waals surface area contributed by atoms with Gasteiger partial charge in [0.15, 0.2) is 11.9 Å². The van der Waals surface area contributed by atoms with Crippen molar-refractivity contribution < 1.29 is 43.0 Å². The van der Waals surface area contributed by atoms with E-state index >= 15 is 0 Å². The molecule has 0 amide bonds. The third-order valence-corrected chi connectivity index (χ3v) is 5.83. The van der Waals surface area contributed by atoms with E-state index in [1.54, 1.807) is 0 Å². The van der Waals surface area contributed by atoms with Gasteiger partial charge in [0.05, 0.1) is 6.61 Å². The summed E-state index contributed by atoms with van der Waals surface area (Å²) in [5, 5.41) is 13.2. The Morgan fingerprint density at radius 3 is 2.21 bits per heavy atom. The molecule has 0 unspecified atom stereocenters. The molecule has 9 nitrogen and oxygen atoms in total. The lowest BCUT2D eigenvalue weighted by Crippen LogP contribution is -2.34. The third-order valence-electron chi connectivity index (χ3n) is 3.58. The van der Waals surface area contributed by atoms with Crippen LogP contribution in [0.3, 0.4) is 0 Å². The number of carbonyl (C=O) groups is 1. The molecule has 0 spiro atoms. The molecule has 0 aliphatic carbocycles. The van der Waals surface area contributed by atoms with Gasteiger partial charge < -0.3 is 29.1 Å². The van der Waals surface area contributed by atoms with Gasteiger partial charge in [-0.2, -0.15) is 0 Å². The van der Waals surface area contributed by atoms with E-state index in [-0.39, 0.29) is 24.7 Å². The normalized spacial score (nSPS) is 18.2. The maximum absolute atomic E-state index is 12.3. The quantitative estimate of drug-likeness (QED) is 0.369. The summed E-state index contributed by atoms with van der Waals surface area (Å²) in [7, 11) is -4.95. The summed E-state index contributed by atoms with van der Waals surface area (Å²) < 4.78 is 32.1. The molecule has 0 fully saturated rings. The van der Waals surface area contributed by atoms with Crippen molar-refractivity contribution in [3.63, 3.8) is 0 Å². The fraction of sp³-hybridized carbons (Fsp3) is 0.312. The van der Waals surface area contributed by atoms with Gasteiger partial charge in [-0.05, 0) is 22.9 Å². The van der Waals surface area contributed by atoms with Crippen molar-refractivity contribution >= 4 is 36.5 Å². The maximum Gasteiger partial charge on any atom is 0.470 e. The van der Waals surface area contributed by atoms with Gasteiger partial charge in [-0.25, -0.2) is 9.36 Å². The van der Waals surface area contributed by atoms with E-state index in [0.29, 0.717) is 0 Å². The average molecular weight is 448 g/mol. The Balaban J connectivity index is 1.84. The van der Waals surface area contributed by atoms with Crippen LogP contribution >= 0.6 is 30.5 Å². The third kappa shape index (κ3) is 5.42. The zero-order chi connectivity index (χ0) is 20.1. The summed E-state index contributed by atoms with van der Waals surface area (Å²) in [6.07, 6.45) is -2.88. The van der Waals surface area contributed by atoms with E-state index in [9.17, 15) is 14.5 Å². The lowest BCUT2D eigenvalue weighted by Gasteiger charge is -2.23. The Morgan fingerprint density at radius 1 is 1.11 bits per heavy atom. The smallest absolute Gasteiger partial charge is 0.470 e. The average Bonchev–Trinajstić information content (AvgIpc) is 3.37. The number of thiophene rings is 2. The molecular formula is C16H17O9PS2. The zero-order valence-corrected chi connectivity index (χ0v) is 16.8. The van der Waals surface area contributed by atoms with Crippen LogP contribution in [0.2, 0.25) is 0 Å². The van der Waals surface area contributed by atoms with Crippen molar-refractivity contribution in [1.29, 1.82) is 0 Å². The number of aliphatic hydroxyl groups is 1. The predicted octanol–water partition coefficient (Wildman–Crippen LogP) is 2.15. The van der Waals surface area contributed by atoms with Crippen LogP contribution in [-0.4, -0.2) is 39.7 Å². The molecule has 3 N–H and O–H groups in total. The van der Waals surface area contributed by atoms with Crippen LogP contribution in [0.25, 0.3) is 0 Å². The van der Waals surface area contributed by atoms with Crippen LogP contribution < -0.4 is 0 Å². The molecule has 28 heavy (non-hydrogen) atoms. The van der Waals surface area contributed by atoms with Crippen LogP contribution in [0.5, 0.6) is 0 Å². The van der Waals surface area contributed by atoms with Gasteiger partial charge in [-0.1, -0.05) is 12.1 Å². The minimum absolute atomic E-state index is 0.0811. The molecule has 0 saturated heterocycles. The molecule has 12 heteroatoms. The maximum atomic E-state index is 12.3. The lowest BCUT2D eigenvalue weighted by molar-refractivity contribution is -0.148. The molecule has 1 aliphatic heterocycles.